The van der Waals surface area contributed by atoms with E-state index in [-0.39, 0.29) is 18.2 Å². The molecule has 4 aromatic rings. The average molecular weight is 585 g/mol. The summed E-state index contributed by atoms with van der Waals surface area (Å²) in [6, 6.07) is 23.4. The second-order valence-electron chi connectivity index (χ2n) is 11.2. The largest absolute Gasteiger partial charge is 0.392 e. The summed E-state index contributed by atoms with van der Waals surface area (Å²) < 4.78 is 0. The Morgan fingerprint density at radius 1 is 1.10 bits per heavy atom. The summed E-state index contributed by atoms with van der Waals surface area (Å²) in [5.41, 5.74) is 5.11. The Kier molecular flexibility index (Phi) is 9.06. The van der Waals surface area contributed by atoms with E-state index in [0.717, 1.165) is 38.5 Å². The molecule has 10 heteroatoms. The summed E-state index contributed by atoms with van der Waals surface area (Å²) in [4.78, 5) is 29.7. The highest BCUT2D eigenvalue weighted by molar-refractivity contribution is 7.99. The molecule has 1 aromatic heterocycles. The Hall–Kier alpha value is -3.99. The monoisotopic (exact) mass is 584 g/mol. The number of anilines is 1. The molecular formula is C32H36N6O3S. The molecule has 0 radical (unpaired) electrons. The van der Waals surface area contributed by atoms with Crippen LogP contribution < -0.4 is 15.5 Å². The van der Waals surface area contributed by atoms with Crippen molar-refractivity contribution in [3.05, 3.63) is 84.6 Å². The van der Waals surface area contributed by atoms with Crippen LogP contribution in [0.3, 0.4) is 0 Å². The van der Waals surface area contributed by atoms with Crippen molar-refractivity contribution < 1.29 is 14.7 Å². The highest BCUT2D eigenvalue weighted by atomic mass is 32.2. The highest BCUT2D eigenvalue weighted by Gasteiger charge is 2.33. The predicted molar refractivity (Wildman–Crippen MR) is 166 cm³/mol. The molecule has 42 heavy (non-hydrogen) atoms. The number of rotatable bonds is 10. The number of aromatic amines is 1. The fraction of sp³-hybridized carbons (Fsp3) is 0.312. The minimum Gasteiger partial charge on any atom is -0.392 e. The number of nitrogens with one attached hydrogen (secondary N) is 3. The normalized spacial score (nSPS) is 16.0. The molecule has 0 unspecified atom stereocenters. The van der Waals surface area contributed by atoms with Crippen LogP contribution in [0.5, 0.6) is 0 Å². The topological polar surface area (TPSA) is 123 Å². The van der Waals surface area contributed by atoms with E-state index in [9.17, 15) is 14.7 Å². The molecule has 2 atom stereocenters. The van der Waals surface area contributed by atoms with Crippen molar-refractivity contribution in [3.8, 4) is 22.4 Å². The molecule has 0 spiro atoms. The van der Waals surface area contributed by atoms with Gasteiger partial charge in [0.1, 0.15) is 11.7 Å². The number of aromatic nitrogens is 3. The maximum Gasteiger partial charge on any atom is 0.250 e. The molecule has 218 valence electrons. The van der Waals surface area contributed by atoms with Gasteiger partial charge in [-0.05, 0) is 49.6 Å². The van der Waals surface area contributed by atoms with Gasteiger partial charge in [0.2, 0.25) is 5.91 Å². The number of benzene rings is 3. The van der Waals surface area contributed by atoms with Crippen molar-refractivity contribution in [1.82, 2.24) is 26.0 Å². The third-order valence-electron chi connectivity index (χ3n) is 7.16. The first-order valence-electron chi connectivity index (χ1n) is 14.0. The molecule has 4 N–H and O–H groups in total. The standard InChI is InChI=1S/C32H36N6O3S/c1-21(39)17-33-32(2,3)16-30(40)35-27-20-42-29-11-7-6-10-28(29)38(31(27)41)19-22-12-14-23(15-13-22)24-8-4-5-9-25(24)26-18-34-37-36-26/h4-15,18,21,27,33,39H,16-17,19-20H2,1-3H3,(H,35,40)(H,34,36,37)/t21-,27-/m1/s1. The molecular weight excluding hydrogens is 548 g/mol. The average Bonchev–Trinajstić information content (AvgIpc) is 3.48. The molecule has 0 saturated carbocycles. The molecule has 5 rings (SSSR count). The van der Waals surface area contributed by atoms with Gasteiger partial charge in [-0.2, -0.15) is 15.4 Å². The van der Waals surface area contributed by atoms with Crippen LogP contribution >= 0.6 is 11.8 Å². The number of β-amino-alcohol motifs (C(OH)–C–C–N with tert-alkyl or cyclic N) is 1. The van der Waals surface area contributed by atoms with Crippen molar-refractivity contribution in [1.29, 1.82) is 0 Å². The molecule has 0 aliphatic carbocycles. The Balaban J connectivity index is 1.34. The number of thioether (sulfide) groups is 1. The van der Waals surface area contributed by atoms with E-state index in [2.05, 4.69) is 44.2 Å². The SMILES string of the molecule is C[C@@H](O)CNC(C)(C)CC(=O)N[C@@H]1CSc2ccccc2N(Cc2ccc(-c3ccccc3-c3cn[nH]n3)cc2)C1=O. The van der Waals surface area contributed by atoms with Crippen LogP contribution in [0.15, 0.2) is 83.9 Å². The molecule has 0 saturated heterocycles. The van der Waals surface area contributed by atoms with E-state index in [0.29, 0.717) is 18.8 Å². The first kappa shape index (κ1) is 29.5. The second kappa shape index (κ2) is 12.9. The fourth-order valence-corrected chi connectivity index (χ4v) is 6.09. The minimum absolute atomic E-state index is 0.143. The van der Waals surface area contributed by atoms with E-state index in [1.807, 2.05) is 68.4 Å². The van der Waals surface area contributed by atoms with Crippen molar-refractivity contribution in [2.24, 2.45) is 0 Å². The first-order valence-corrected chi connectivity index (χ1v) is 15.0. The van der Waals surface area contributed by atoms with Gasteiger partial charge in [0, 0.05) is 34.7 Å². The van der Waals surface area contributed by atoms with Crippen LogP contribution in [0, 0.1) is 0 Å². The number of H-pyrrole nitrogens is 1. The molecule has 1 aliphatic heterocycles. The summed E-state index contributed by atoms with van der Waals surface area (Å²) in [5.74, 6) is 0.0891. The minimum atomic E-state index is -0.670. The summed E-state index contributed by atoms with van der Waals surface area (Å²) >= 11 is 1.57. The van der Waals surface area contributed by atoms with Gasteiger partial charge in [0.25, 0.3) is 5.91 Å². The second-order valence-corrected chi connectivity index (χ2v) is 12.3. The van der Waals surface area contributed by atoms with Gasteiger partial charge in [-0.25, -0.2) is 0 Å². The van der Waals surface area contributed by atoms with Crippen LogP contribution in [0.1, 0.15) is 32.8 Å². The number of aliphatic hydroxyl groups is 1. The van der Waals surface area contributed by atoms with E-state index < -0.39 is 17.7 Å². The third-order valence-corrected chi connectivity index (χ3v) is 8.32. The number of fused-ring (bicyclic) bond motifs is 1. The molecule has 3 aromatic carbocycles. The maximum absolute atomic E-state index is 13.9. The van der Waals surface area contributed by atoms with E-state index in [1.165, 1.54) is 0 Å². The number of nitrogens with zero attached hydrogens (tertiary/aromatic N) is 3. The summed E-state index contributed by atoms with van der Waals surface area (Å²) in [7, 11) is 0. The van der Waals surface area contributed by atoms with Crippen LogP contribution in [0.25, 0.3) is 22.4 Å². The smallest absolute Gasteiger partial charge is 0.250 e. The molecule has 2 amide bonds. The Bertz CT molecular complexity index is 1520. The van der Waals surface area contributed by atoms with Gasteiger partial charge in [0.05, 0.1) is 24.5 Å². The van der Waals surface area contributed by atoms with E-state index in [1.54, 1.807) is 29.8 Å². The number of hydrogen-bond donors (Lipinski definition) is 4. The van der Waals surface area contributed by atoms with Gasteiger partial charge < -0.3 is 20.6 Å². The number of hydrogen-bond acceptors (Lipinski definition) is 7. The van der Waals surface area contributed by atoms with Crippen molar-refractivity contribution in [2.45, 2.75) is 56.3 Å². The number of aliphatic hydroxyl groups excluding tert-OH is 1. The zero-order chi connectivity index (χ0) is 29.7. The lowest BCUT2D eigenvalue weighted by Crippen LogP contribution is -2.52. The third kappa shape index (κ3) is 7.07. The van der Waals surface area contributed by atoms with Crippen LogP contribution in [-0.2, 0) is 16.1 Å². The van der Waals surface area contributed by atoms with Crippen LogP contribution in [0.4, 0.5) is 5.69 Å². The van der Waals surface area contributed by atoms with Crippen molar-refractivity contribution in [3.63, 3.8) is 0 Å². The Morgan fingerprint density at radius 2 is 1.81 bits per heavy atom. The highest BCUT2D eigenvalue weighted by Crippen LogP contribution is 2.36. The summed E-state index contributed by atoms with van der Waals surface area (Å²) in [6.45, 7) is 6.27. The molecule has 9 nitrogen and oxygen atoms in total. The summed E-state index contributed by atoms with van der Waals surface area (Å²) in [5, 5.41) is 26.7. The number of para-hydroxylation sites is 1. The van der Waals surface area contributed by atoms with E-state index >= 15 is 0 Å². The van der Waals surface area contributed by atoms with E-state index in [4.69, 9.17) is 0 Å². The number of carbonyl (C=O) groups excluding carboxylic acids is 2. The van der Waals surface area contributed by atoms with Crippen LogP contribution in [-0.4, -0.2) is 62.3 Å². The number of amides is 2. The molecule has 2 heterocycles. The molecule has 0 bridgehead atoms. The van der Waals surface area contributed by atoms with Crippen molar-refractivity contribution >= 4 is 29.3 Å². The molecule has 1 aliphatic rings. The van der Waals surface area contributed by atoms with Gasteiger partial charge in [-0.15, -0.1) is 11.8 Å². The summed E-state index contributed by atoms with van der Waals surface area (Å²) in [6.07, 6.45) is 1.37. The number of carbonyl (C=O) groups is 2. The predicted octanol–water partition coefficient (Wildman–Crippen LogP) is 4.40. The quantitative estimate of drug-likeness (QED) is 0.218. The fourth-order valence-electron chi connectivity index (χ4n) is 5.02. The lowest BCUT2D eigenvalue weighted by atomic mass is 9.97. The van der Waals surface area contributed by atoms with Gasteiger partial charge in [-0.3, -0.25) is 9.59 Å². The zero-order valence-corrected chi connectivity index (χ0v) is 24.8. The maximum atomic E-state index is 13.9. The van der Waals surface area contributed by atoms with Gasteiger partial charge in [-0.1, -0.05) is 60.7 Å². The Morgan fingerprint density at radius 3 is 2.52 bits per heavy atom. The molecule has 0 fully saturated rings. The van der Waals surface area contributed by atoms with Gasteiger partial charge >= 0.3 is 0 Å². The first-order chi connectivity index (χ1) is 20.2. The van der Waals surface area contributed by atoms with Crippen LogP contribution in [0.2, 0.25) is 0 Å². The zero-order valence-electron chi connectivity index (χ0n) is 24.0. The Labute approximate surface area is 250 Å². The van der Waals surface area contributed by atoms with Crippen molar-refractivity contribution in [2.75, 3.05) is 17.2 Å². The lowest BCUT2D eigenvalue weighted by molar-refractivity contribution is -0.127. The lowest BCUT2D eigenvalue weighted by Gasteiger charge is -2.29. The van der Waals surface area contributed by atoms with Gasteiger partial charge in [0.15, 0.2) is 0 Å².